The Morgan fingerprint density at radius 2 is 1.47 bits per heavy atom. The summed E-state index contributed by atoms with van der Waals surface area (Å²) < 4.78 is 120. The molecule has 2 unspecified atom stereocenters. The van der Waals surface area contributed by atoms with E-state index in [9.17, 15) is 38.9 Å². The van der Waals surface area contributed by atoms with Crippen molar-refractivity contribution in [1.29, 1.82) is 0 Å². The molecule has 4 N–H and O–H groups in total. The van der Waals surface area contributed by atoms with Crippen LogP contribution in [-0.2, 0) is 50.6 Å². The van der Waals surface area contributed by atoms with Crippen molar-refractivity contribution in [3.05, 3.63) is 81.6 Å². The topological polar surface area (TPSA) is 227 Å². The van der Waals surface area contributed by atoms with Crippen molar-refractivity contribution in [3.8, 4) is 11.5 Å². The van der Waals surface area contributed by atoms with Gasteiger partial charge in [0.1, 0.15) is 16.4 Å². The average molecular weight is 935 g/mol. The molecule has 1 aliphatic carbocycles. The number of anilines is 1. The van der Waals surface area contributed by atoms with Gasteiger partial charge in [0.15, 0.2) is 12.3 Å². The zero-order chi connectivity index (χ0) is 44.7. The van der Waals surface area contributed by atoms with Crippen molar-refractivity contribution < 1.29 is 67.6 Å². The van der Waals surface area contributed by atoms with Crippen LogP contribution in [0.2, 0.25) is 0 Å². The molecule has 2 heterocycles. The molecule has 2 atom stereocenters. The van der Waals surface area contributed by atoms with Gasteiger partial charge in [-0.25, -0.2) is 5.26 Å². The van der Waals surface area contributed by atoms with Gasteiger partial charge in [-0.15, -0.1) is 4.33 Å². The fourth-order valence-corrected chi connectivity index (χ4v) is 10.0. The third-order valence-corrected chi connectivity index (χ3v) is 15.9. The highest BCUT2D eigenvalue weighted by molar-refractivity contribution is 7.94. The van der Waals surface area contributed by atoms with Crippen LogP contribution >= 0.6 is 23.6 Å². The summed E-state index contributed by atoms with van der Waals surface area (Å²) in [5, 5.41) is 10.9. The Labute approximate surface area is 360 Å². The Morgan fingerprint density at radius 3 is 2.05 bits per heavy atom. The highest BCUT2D eigenvalue weighted by Gasteiger charge is 2.46. The number of benzene rings is 2. The Hall–Kier alpha value is -3.28. The van der Waals surface area contributed by atoms with Crippen LogP contribution in [0.5, 0.6) is 11.5 Å². The van der Waals surface area contributed by atoms with E-state index < -0.39 is 56.6 Å². The Balaban J connectivity index is 1.57. The average Bonchev–Trinajstić information content (AvgIpc) is 3.69. The highest BCUT2D eigenvalue weighted by Crippen LogP contribution is 2.51. The number of halogens is 1. The van der Waals surface area contributed by atoms with Crippen LogP contribution in [0.4, 0.5) is 11.4 Å². The first-order chi connectivity index (χ1) is 27.8. The monoisotopic (exact) mass is 933 g/mol. The predicted molar refractivity (Wildman–Crippen MR) is 228 cm³/mol. The molecule has 2 aliphatic heterocycles. The van der Waals surface area contributed by atoms with E-state index in [-0.39, 0.29) is 31.7 Å². The first kappa shape index (κ1) is 47.8. The van der Waals surface area contributed by atoms with E-state index >= 15 is 0 Å². The Kier molecular flexibility index (Phi) is 14.2. The minimum atomic E-state index is -4.71. The molecule has 0 aromatic heterocycles. The number of fused-ring (bicyclic) bond motifs is 2. The molecule has 3 aliphatic rings. The summed E-state index contributed by atoms with van der Waals surface area (Å²) in [6.07, 6.45) is 8.78. The van der Waals surface area contributed by atoms with Gasteiger partial charge >= 0.3 is 0 Å². The van der Waals surface area contributed by atoms with Crippen LogP contribution in [0.3, 0.4) is 0 Å². The van der Waals surface area contributed by atoms with Gasteiger partial charge in [0.25, 0.3) is 30.4 Å². The molecule has 2 aromatic rings. The largest absolute Gasteiger partial charge is 0.495 e. The van der Waals surface area contributed by atoms with Gasteiger partial charge in [-0.1, -0.05) is 42.6 Å². The molecule has 0 saturated heterocycles. The predicted octanol–water partition coefficient (Wildman–Crippen LogP) is 7.54. The molecule has 0 saturated carbocycles. The third-order valence-electron chi connectivity index (χ3n) is 11.4. The lowest BCUT2D eigenvalue weighted by molar-refractivity contribution is -0.438. The summed E-state index contributed by atoms with van der Waals surface area (Å²) >= 11 is 7.78. The SMILES string of the molecule is COc1cc2c(cc1SOOO)[N+](CCC(C)S(=O)(=O)O)=C(/C=C/C1=C(Cl)C(=C/C=C3/N(CCC(C)S(=O)(=O)O)c4cc(S(=O)(=O)O)c(OC)cc4C3(C)C)/CC1)C2(C)C. The minimum Gasteiger partial charge on any atom is -0.495 e. The van der Waals surface area contributed by atoms with E-state index in [2.05, 4.69) is 5.04 Å². The summed E-state index contributed by atoms with van der Waals surface area (Å²) in [5.74, 6) is 0.388. The second-order valence-corrected chi connectivity index (χ2v) is 22.0. The number of ether oxygens (including phenoxy) is 2. The van der Waals surface area contributed by atoms with Crippen molar-refractivity contribution in [2.75, 3.05) is 32.2 Å². The third kappa shape index (κ3) is 9.68. The number of nitrogens with zero attached hydrogens (tertiary/aromatic N) is 2. The molecule has 0 spiro atoms. The van der Waals surface area contributed by atoms with Gasteiger partial charge in [-0.3, -0.25) is 13.7 Å². The second kappa shape index (κ2) is 17.8. The number of hydrogen-bond donors (Lipinski definition) is 4. The lowest BCUT2D eigenvalue weighted by Crippen LogP contribution is -2.30. The van der Waals surface area contributed by atoms with Gasteiger partial charge in [0.05, 0.1) is 47.1 Å². The van der Waals surface area contributed by atoms with E-state index in [0.717, 1.165) is 40.2 Å². The van der Waals surface area contributed by atoms with Gasteiger partial charge < -0.3 is 14.4 Å². The van der Waals surface area contributed by atoms with E-state index in [1.54, 1.807) is 11.0 Å². The van der Waals surface area contributed by atoms with Crippen molar-refractivity contribution in [2.45, 2.75) is 98.3 Å². The van der Waals surface area contributed by atoms with Crippen molar-refractivity contribution in [1.82, 2.24) is 0 Å². The zero-order valence-electron chi connectivity index (χ0n) is 34.3. The summed E-state index contributed by atoms with van der Waals surface area (Å²) in [6, 6.07) is 6.45. The van der Waals surface area contributed by atoms with E-state index in [0.29, 0.717) is 45.5 Å². The summed E-state index contributed by atoms with van der Waals surface area (Å²) in [5.41, 5.74) is 4.37. The summed E-state index contributed by atoms with van der Waals surface area (Å²) in [7, 11) is -10.6. The molecule has 0 amide bonds. The normalized spacial score (nSPS) is 20.1. The van der Waals surface area contributed by atoms with E-state index in [1.807, 2.05) is 62.6 Å². The first-order valence-corrected chi connectivity index (χ1v) is 24.3. The molecule has 0 radical (unpaired) electrons. The Bertz CT molecular complexity index is 2540. The minimum absolute atomic E-state index is 0.00627. The lowest BCUT2D eigenvalue weighted by atomic mass is 9.81. The van der Waals surface area contributed by atoms with E-state index in [1.165, 1.54) is 40.2 Å². The van der Waals surface area contributed by atoms with Gasteiger partial charge in [-0.2, -0.15) is 29.8 Å². The van der Waals surface area contributed by atoms with Crippen LogP contribution in [0.25, 0.3) is 0 Å². The number of methoxy groups -OCH3 is 2. The van der Waals surface area contributed by atoms with Crippen molar-refractivity contribution in [2.24, 2.45) is 0 Å². The second-order valence-electron chi connectivity index (χ2n) is 15.8. The maximum absolute atomic E-state index is 12.4. The standard InChI is InChI=1S/C39H49ClN2O14S4/c1-23(58(44,45)46)15-17-41-29-21-33(57-56-55-43)31(53-7)19-27(29)38(3,4)35(41)13-11-25-9-10-26(37(25)40)12-14-36-39(5,6)28-20-32(54-8)34(60(50,51)52)22-30(28)42(36)18-16-24(2)59(47,48)49/h11-14,19-24H,9-10,15-18H2,1-8H3,(H3-,43,44,45,46,47,48,49,50,51,52)/p+1. The highest BCUT2D eigenvalue weighted by atomic mass is 35.5. The quantitative estimate of drug-likeness (QED) is 0.0395. The van der Waals surface area contributed by atoms with Crippen molar-refractivity contribution in [3.63, 3.8) is 0 Å². The lowest BCUT2D eigenvalue weighted by Gasteiger charge is -2.27. The fourth-order valence-electron chi connectivity index (χ4n) is 7.76. The molecule has 5 rings (SSSR count). The van der Waals surface area contributed by atoms with Crippen molar-refractivity contribution >= 4 is 71.1 Å². The molecular formula is C39H50ClN2O14S4+. The fraction of sp³-hybridized carbons (Fsp3) is 0.462. The maximum Gasteiger partial charge on any atom is 0.298 e. The van der Waals surface area contributed by atoms with Gasteiger partial charge in [0, 0.05) is 52.5 Å². The number of rotatable bonds is 17. The number of allylic oxidation sites excluding steroid dienone is 8. The first-order valence-electron chi connectivity index (χ1n) is 18.7. The zero-order valence-corrected chi connectivity index (χ0v) is 38.3. The molecule has 21 heteroatoms. The van der Waals surface area contributed by atoms with Crippen LogP contribution in [0.15, 0.2) is 80.2 Å². The van der Waals surface area contributed by atoms with Crippen LogP contribution in [0, 0.1) is 0 Å². The van der Waals surface area contributed by atoms with Gasteiger partial charge in [0.2, 0.25) is 5.69 Å². The molecular weight excluding hydrogens is 884 g/mol. The van der Waals surface area contributed by atoms with Gasteiger partial charge in [-0.05, 0) is 87.9 Å². The molecule has 0 bridgehead atoms. The molecule has 2 aromatic carbocycles. The molecule has 16 nitrogen and oxygen atoms in total. The van der Waals surface area contributed by atoms with E-state index in [4.69, 9.17) is 30.7 Å². The maximum atomic E-state index is 12.4. The Morgan fingerprint density at radius 1 is 0.850 bits per heavy atom. The van der Waals surface area contributed by atoms with Crippen LogP contribution in [0.1, 0.15) is 78.4 Å². The smallest absolute Gasteiger partial charge is 0.298 e. The molecule has 330 valence electrons. The summed E-state index contributed by atoms with van der Waals surface area (Å²) in [6.45, 7) is 11.0. The molecule has 60 heavy (non-hydrogen) atoms. The molecule has 0 fully saturated rings. The number of hydrogen-bond acceptors (Lipinski definition) is 13. The van der Waals surface area contributed by atoms with Crippen LogP contribution in [-0.4, -0.2) is 92.3 Å². The summed E-state index contributed by atoms with van der Waals surface area (Å²) in [4.78, 5) is 1.79. The van der Waals surface area contributed by atoms with Crippen LogP contribution < -0.4 is 14.4 Å².